The van der Waals surface area contributed by atoms with E-state index in [1.807, 2.05) is 11.0 Å². The molecule has 0 radical (unpaired) electrons. The number of halogens is 2. The minimum Gasteiger partial charge on any atom is -0.329 e. The van der Waals surface area contributed by atoms with Crippen LogP contribution in [-0.4, -0.2) is 12.4 Å². The first-order valence-corrected chi connectivity index (χ1v) is 5.74. The molecule has 1 heterocycles. The van der Waals surface area contributed by atoms with E-state index in [1.54, 1.807) is 12.1 Å². The van der Waals surface area contributed by atoms with Gasteiger partial charge in [0.15, 0.2) is 0 Å². The average molecular weight is 243 g/mol. The summed E-state index contributed by atoms with van der Waals surface area (Å²) in [5, 5.41) is 9.19. The van der Waals surface area contributed by atoms with Gasteiger partial charge in [-0.15, -0.1) is 0 Å². The molecule has 1 saturated heterocycles. The second-order valence-corrected chi connectivity index (χ2v) is 4.49. The fourth-order valence-electron chi connectivity index (χ4n) is 1.79. The number of nitrogens with zero attached hydrogens (tertiary/aromatic N) is 1. The number of benzene rings is 1. The standard InChI is InChI=1S/C11H12Cl2N2/c12-8-4-5-9(13)10(7-8)15-6-2-1-3-11(15)14/h4-5,7,14H,1-3,6H2. The summed E-state index contributed by atoms with van der Waals surface area (Å²) in [4.78, 5) is 1.94. The van der Waals surface area contributed by atoms with Crippen molar-refractivity contribution in [2.75, 3.05) is 11.4 Å². The highest BCUT2D eigenvalue weighted by Crippen LogP contribution is 2.31. The van der Waals surface area contributed by atoms with Gasteiger partial charge in [-0.2, -0.15) is 0 Å². The molecule has 15 heavy (non-hydrogen) atoms. The highest BCUT2D eigenvalue weighted by Gasteiger charge is 2.18. The zero-order valence-electron chi connectivity index (χ0n) is 8.26. The lowest BCUT2D eigenvalue weighted by Crippen LogP contribution is -2.34. The molecule has 0 unspecified atom stereocenters. The highest BCUT2D eigenvalue weighted by molar-refractivity contribution is 6.35. The molecular weight excluding hydrogens is 231 g/mol. The first-order valence-electron chi connectivity index (χ1n) is 4.98. The molecule has 0 spiro atoms. The van der Waals surface area contributed by atoms with E-state index in [0.29, 0.717) is 15.9 Å². The van der Waals surface area contributed by atoms with E-state index in [1.165, 1.54) is 0 Å². The molecule has 0 bridgehead atoms. The monoisotopic (exact) mass is 242 g/mol. The fourth-order valence-corrected chi connectivity index (χ4v) is 2.18. The van der Waals surface area contributed by atoms with Crippen molar-refractivity contribution in [1.82, 2.24) is 0 Å². The number of piperidine rings is 1. The van der Waals surface area contributed by atoms with Crippen molar-refractivity contribution < 1.29 is 0 Å². The third-order valence-electron chi connectivity index (χ3n) is 2.57. The Balaban J connectivity index is 2.34. The maximum Gasteiger partial charge on any atom is 0.100 e. The number of nitrogens with one attached hydrogen (secondary N) is 1. The molecule has 2 rings (SSSR count). The van der Waals surface area contributed by atoms with Crippen LogP contribution in [0.1, 0.15) is 19.3 Å². The lowest BCUT2D eigenvalue weighted by molar-refractivity contribution is 0.707. The van der Waals surface area contributed by atoms with E-state index in [0.717, 1.165) is 31.5 Å². The van der Waals surface area contributed by atoms with Gasteiger partial charge >= 0.3 is 0 Å². The highest BCUT2D eigenvalue weighted by atomic mass is 35.5. The average Bonchev–Trinajstić information content (AvgIpc) is 2.23. The van der Waals surface area contributed by atoms with Gasteiger partial charge in [-0.05, 0) is 31.0 Å². The van der Waals surface area contributed by atoms with Crippen LogP contribution in [0.3, 0.4) is 0 Å². The zero-order chi connectivity index (χ0) is 10.8. The predicted octanol–water partition coefficient (Wildman–Crippen LogP) is 3.96. The van der Waals surface area contributed by atoms with Crippen LogP contribution in [0.4, 0.5) is 5.69 Å². The minimum absolute atomic E-state index is 0.630. The topological polar surface area (TPSA) is 27.1 Å². The summed E-state index contributed by atoms with van der Waals surface area (Å²) in [6.07, 6.45) is 3.02. The van der Waals surface area contributed by atoms with Gasteiger partial charge in [0.05, 0.1) is 10.7 Å². The zero-order valence-corrected chi connectivity index (χ0v) is 9.78. The lowest BCUT2D eigenvalue weighted by atomic mass is 10.1. The third-order valence-corrected chi connectivity index (χ3v) is 3.12. The fraction of sp³-hybridized carbons (Fsp3) is 0.364. The Labute approximate surface area is 99.3 Å². The van der Waals surface area contributed by atoms with Gasteiger partial charge in [0.25, 0.3) is 0 Å². The van der Waals surface area contributed by atoms with Gasteiger partial charge in [0.1, 0.15) is 5.84 Å². The minimum atomic E-state index is 0.630. The Kier molecular flexibility index (Phi) is 3.17. The second kappa shape index (κ2) is 4.42. The second-order valence-electron chi connectivity index (χ2n) is 3.65. The van der Waals surface area contributed by atoms with Crippen LogP contribution in [0.2, 0.25) is 10.0 Å². The number of hydrogen-bond acceptors (Lipinski definition) is 1. The number of hydrogen-bond donors (Lipinski definition) is 1. The lowest BCUT2D eigenvalue weighted by Gasteiger charge is -2.30. The number of rotatable bonds is 1. The Morgan fingerprint density at radius 3 is 2.73 bits per heavy atom. The molecule has 1 aliphatic heterocycles. The van der Waals surface area contributed by atoms with Gasteiger partial charge in [0.2, 0.25) is 0 Å². The van der Waals surface area contributed by atoms with E-state index < -0.39 is 0 Å². The third kappa shape index (κ3) is 2.27. The summed E-state index contributed by atoms with van der Waals surface area (Å²) >= 11 is 12.0. The number of amidine groups is 1. The maximum absolute atomic E-state index is 7.87. The molecule has 0 saturated carbocycles. The SMILES string of the molecule is N=C1CCCCN1c1cc(Cl)ccc1Cl. The summed E-state index contributed by atoms with van der Waals surface area (Å²) < 4.78 is 0. The van der Waals surface area contributed by atoms with Crippen LogP contribution >= 0.6 is 23.2 Å². The predicted molar refractivity (Wildman–Crippen MR) is 65.4 cm³/mol. The van der Waals surface area contributed by atoms with Gasteiger partial charge in [-0.25, -0.2) is 0 Å². The maximum atomic E-state index is 7.87. The van der Waals surface area contributed by atoms with Crippen molar-refractivity contribution in [3.63, 3.8) is 0 Å². The molecule has 0 amide bonds. The largest absolute Gasteiger partial charge is 0.329 e. The van der Waals surface area contributed by atoms with Crippen LogP contribution in [-0.2, 0) is 0 Å². The molecule has 2 nitrogen and oxygen atoms in total. The van der Waals surface area contributed by atoms with E-state index >= 15 is 0 Å². The van der Waals surface area contributed by atoms with Gasteiger partial charge < -0.3 is 4.90 Å². The molecule has 0 atom stereocenters. The molecular formula is C11H12Cl2N2. The van der Waals surface area contributed by atoms with Gasteiger partial charge in [-0.1, -0.05) is 23.2 Å². The molecule has 1 aromatic rings. The van der Waals surface area contributed by atoms with Crippen molar-refractivity contribution in [2.45, 2.75) is 19.3 Å². The molecule has 1 N–H and O–H groups in total. The Morgan fingerprint density at radius 1 is 1.20 bits per heavy atom. The summed E-state index contributed by atoms with van der Waals surface area (Å²) in [6.45, 7) is 0.860. The molecule has 1 aliphatic rings. The molecule has 0 aliphatic carbocycles. The first-order chi connectivity index (χ1) is 7.18. The van der Waals surface area contributed by atoms with Crippen LogP contribution in [0.5, 0.6) is 0 Å². The van der Waals surface area contributed by atoms with Crippen molar-refractivity contribution in [1.29, 1.82) is 5.41 Å². The van der Waals surface area contributed by atoms with E-state index in [2.05, 4.69) is 0 Å². The normalized spacial score (nSPS) is 16.9. The van der Waals surface area contributed by atoms with Gasteiger partial charge in [0, 0.05) is 18.0 Å². The Hall–Kier alpha value is -0.730. The first kappa shape index (κ1) is 10.8. The van der Waals surface area contributed by atoms with Crippen LogP contribution in [0.25, 0.3) is 0 Å². The molecule has 80 valence electrons. The van der Waals surface area contributed by atoms with Crippen molar-refractivity contribution in [2.24, 2.45) is 0 Å². The van der Waals surface area contributed by atoms with E-state index in [9.17, 15) is 0 Å². The molecule has 1 fully saturated rings. The van der Waals surface area contributed by atoms with Crippen molar-refractivity contribution in [3.8, 4) is 0 Å². The smallest absolute Gasteiger partial charge is 0.100 e. The van der Waals surface area contributed by atoms with Gasteiger partial charge in [-0.3, -0.25) is 5.41 Å². The van der Waals surface area contributed by atoms with Crippen molar-refractivity contribution >= 4 is 34.7 Å². The quantitative estimate of drug-likeness (QED) is 0.794. The summed E-state index contributed by atoms with van der Waals surface area (Å²) in [6, 6.07) is 5.37. The van der Waals surface area contributed by atoms with E-state index in [-0.39, 0.29) is 0 Å². The Bertz CT molecular complexity index is 390. The Morgan fingerprint density at radius 2 is 2.00 bits per heavy atom. The van der Waals surface area contributed by atoms with Crippen LogP contribution in [0.15, 0.2) is 18.2 Å². The summed E-state index contributed by atoms with van der Waals surface area (Å²) in [5.74, 6) is 0.630. The van der Waals surface area contributed by atoms with Crippen LogP contribution in [0, 0.1) is 5.41 Å². The summed E-state index contributed by atoms with van der Waals surface area (Å²) in [5.41, 5.74) is 0.855. The molecule has 1 aromatic carbocycles. The molecule has 0 aromatic heterocycles. The molecule has 4 heteroatoms. The van der Waals surface area contributed by atoms with E-state index in [4.69, 9.17) is 28.6 Å². The van der Waals surface area contributed by atoms with Crippen molar-refractivity contribution in [3.05, 3.63) is 28.2 Å². The number of anilines is 1. The van der Waals surface area contributed by atoms with Crippen LogP contribution < -0.4 is 4.90 Å². The summed E-state index contributed by atoms with van der Waals surface area (Å²) in [7, 11) is 0.